The molecule has 2 aromatic rings. The van der Waals surface area contributed by atoms with Crippen LogP contribution in [-0.2, 0) is 19.0 Å². The summed E-state index contributed by atoms with van der Waals surface area (Å²) in [5.41, 5.74) is -0.791. The fourth-order valence-electron chi connectivity index (χ4n) is 2.63. The lowest BCUT2D eigenvalue weighted by molar-refractivity contribution is -0.138. The van der Waals surface area contributed by atoms with Gasteiger partial charge in [-0.3, -0.25) is 4.79 Å². The average Bonchev–Trinajstić information content (AvgIpc) is 2.99. The van der Waals surface area contributed by atoms with Crippen molar-refractivity contribution >= 4 is 11.9 Å². The number of alkyl halides is 3. The van der Waals surface area contributed by atoms with E-state index in [1.807, 2.05) is 0 Å². The number of carboxylic acid groups (broad SMARTS) is 1. The van der Waals surface area contributed by atoms with Gasteiger partial charge in [-0.05, 0) is 25.0 Å². The number of hydrogen-bond donors (Lipinski definition) is 2. The first-order chi connectivity index (χ1) is 12.1. The van der Waals surface area contributed by atoms with Gasteiger partial charge in [-0.1, -0.05) is 25.1 Å². The maximum absolute atomic E-state index is 13.0. The normalized spacial score (nSPS) is 12.7. The van der Waals surface area contributed by atoms with Crippen LogP contribution in [0.4, 0.5) is 13.2 Å². The quantitative estimate of drug-likeness (QED) is 0.809. The van der Waals surface area contributed by atoms with Crippen LogP contribution < -0.4 is 5.32 Å². The molecule has 8 heteroatoms. The molecule has 0 aliphatic heterocycles. The molecule has 0 saturated carbocycles. The van der Waals surface area contributed by atoms with Crippen molar-refractivity contribution < 1.29 is 32.3 Å². The van der Waals surface area contributed by atoms with Crippen molar-refractivity contribution in [3.63, 3.8) is 0 Å². The minimum atomic E-state index is -4.48. The maximum Gasteiger partial charge on any atom is 0.416 e. The molecule has 2 rings (SSSR count). The van der Waals surface area contributed by atoms with Crippen molar-refractivity contribution in [3.8, 4) is 0 Å². The molecule has 1 amide bonds. The van der Waals surface area contributed by atoms with Crippen LogP contribution in [0, 0.1) is 0 Å². The van der Waals surface area contributed by atoms with E-state index in [2.05, 4.69) is 5.32 Å². The van der Waals surface area contributed by atoms with Crippen LogP contribution in [-0.4, -0.2) is 23.0 Å². The standard InChI is InChI=1S/C18H18F3NO4/c1-3-14-12(17(24)25)9-15(26-14)16(23)22-10(2)8-11-6-4-5-7-13(11)18(19,20)21/h4-7,9-10H,3,8H2,1-2H3,(H,22,23)(H,24,25). The van der Waals surface area contributed by atoms with Crippen molar-refractivity contribution in [3.05, 3.63) is 58.5 Å². The molecule has 1 heterocycles. The van der Waals surface area contributed by atoms with Crippen molar-refractivity contribution in [2.24, 2.45) is 0 Å². The largest absolute Gasteiger partial charge is 0.478 e. The molecule has 1 aromatic heterocycles. The van der Waals surface area contributed by atoms with Gasteiger partial charge in [0, 0.05) is 18.5 Å². The molecule has 0 saturated heterocycles. The topological polar surface area (TPSA) is 79.5 Å². The molecule has 0 spiro atoms. The molecule has 1 aromatic carbocycles. The second kappa shape index (κ2) is 7.63. The number of amides is 1. The van der Waals surface area contributed by atoms with E-state index >= 15 is 0 Å². The second-order valence-electron chi connectivity index (χ2n) is 5.84. The highest BCUT2D eigenvalue weighted by Gasteiger charge is 2.33. The predicted octanol–water partition coefficient (Wildman–Crippen LogP) is 3.92. The minimum Gasteiger partial charge on any atom is -0.478 e. The summed E-state index contributed by atoms with van der Waals surface area (Å²) in [6.07, 6.45) is -4.22. The molecule has 2 N–H and O–H groups in total. The number of nitrogens with one attached hydrogen (secondary N) is 1. The lowest BCUT2D eigenvalue weighted by atomic mass is 10.0. The number of carbonyl (C=O) groups is 2. The Kier molecular flexibility index (Phi) is 5.74. The van der Waals surface area contributed by atoms with Gasteiger partial charge in [0.2, 0.25) is 0 Å². The van der Waals surface area contributed by atoms with Gasteiger partial charge >= 0.3 is 12.1 Å². The highest BCUT2D eigenvalue weighted by molar-refractivity contribution is 5.96. The number of aromatic carboxylic acids is 1. The summed E-state index contributed by atoms with van der Waals surface area (Å²) < 4.78 is 44.3. The van der Waals surface area contributed by atoms with Crippen LogP contribution >= 0.6 is 0 Å². The maximum atomic E-state index is 13.0. The van der Waals surface area contributed by atoms with E-state index in [1.165, 1.54) is 18.2 Å². The van der Waals surface area contributed by atoms with Gasteiger partial charge in [0.1, 0.15) is 11.3 Å². The molecule has 26 heavy (non-hydrogen) atoms. The van der Waals surface area contributed by atoms with E-state index in [0.29, 0.717) is 6.42 Å². The molecule has 5 nitrogen and oxygen atoms in total. The smallest absolute Gasteiger partial charge is 0.416 e. The van der Waals surface area contributed by atoms with Gasteiger partial charge in [0.25, 0.3) is 5.91 Å². The van der Waals surface area contributed by atoms with Gasteiger partial charge < -0.3 is 14.8 Å². The van der Waals surface area contributed by atoms with Gasteiger partial charge in [-0.15, -0.1) is 0 Å². The van der Waals surface area contributed by atoms with Crippen molar-refractivity contribution in [1.82, 2.24) is 5.32 Å². The Labute approximate surface area is 147 Å². The molecular weight excluding hydrogens is 351 g/mol. The molecule has 1 unspecified atom stereocenters. The molecule has 140 valence electrons. The summed E-state index contributed by atoms with van der Waals surface area (Å²) in [6.45, 7) is 3.25. The Balaban J connectivity index is 2.13. The molecule has 0 fully saturated rings. The summed E-state index contributed by atoms with van der Waals surface area (Å²) >= 11 is 0. The highest BCUT2D eigenvalue weighted by Crippen LogP contribution is 2.32. The third kappa shape index (κ3) is 4.44. The van der Waals surface area contributed by atoms with Gasteiger partial charge in [-0.25, -0.2) is 4.79 Å². The second-order valence-corrected chi connectivity index (χ2v) is 5.84. The van der Waals surface area contributed by atoms with Gasteiger partial charge in [0.15, 0.2) is 5.76 Å². The van der Waals surface area contributed by atoms with Gasteiger partial charge in [-0.2, -0.15) is 13.2 Å². The number of hydrogen-bond acceptors (Lipinski definition) is 3. The number of benzene rings is 1. The lowest BCUT2D eigenvalue weighted by Gasteiger charge is -2.17. The third-order valence-electron chi connectivity index (χ3n) is 3.81. The van der Waals surface area contributed by atoms with E-state index in [-0.39, 0.29) is 29.1 Å². The summed E-state index contributed by atoms with van der Waals surface area (Å²) in [7, 11) is 0. The van der Waals surface area contributed by atoms with Crippen LogP contribution in [0.2, 0.25) is 0 Å². The minimum absolute atomic E-state index is 0.0332. The molecule has 0 radical (unpaired) electrons. The first-order valence-electron chi connectivity index (χ1n) is 7.95. The van der Waals surface area contributed by atoms with Crippen molar-refractivity contribution in [2.75, 3.05) is 0 Å². The van der Waals surface area contributed by atoms with Crippen molar-refractivity contribution in [2.45, 2.75) is 38.9 Å². The Bertz CT molecular complexity index is 811. The molecule has 1 atom stereocenters. The molecule has 0 aliphatic rings. The van der Waals surface area contributed by atoms with Crippen LogP contribution in [0.3, 0.4) is 0 Å². The molecule has 0 aliphatic carbocycles. The van der Waals surface area contributed by atoms with Crippen molar-refractivity contribution in [1.29, 1.82) is 0 Å². The van der Waals surface area contributed by atoms with E-state index in [1.54, 1.807) is 13.8 Å². The predicted molar refractivity (Wildman–Crippen MR) is 87.1 cm³/mol. The summed E-state index contributed by atoms with van der Waals surface area (Å²) in [6, 6.07) is 5.65. The Morgan fingerprint density at radius 2 is 1.92 bits per heavy atom. The number of aryl methyl sites for hydroxylation is 1. The Morgan fingerprint density at radius 1 is 1.27 bits per heavy atom. The monoisotopic (exact) mass is 369 g/mol. The van der Waals surface area contributed by atoms with Crippen LogP contribution in [0.25, 0.3) is 0 Å². The van der Waals surface area contributed by atoms with E-state index in [4.69, 9.17) is 9.52 Å². The molecular formula is C18H18F3NO4. The fraction of sp³-hybridized carbons (Fsp3) is 0.333. The van der Waals surface area contributed by atoms with E-state index in [9.17, 15) is 22.8 Å². The van der Waals surface area contributed by atoms with Gasteiger partial charge in [0.05, 0.1) is 5.56 Å². The summed E-state index contributed by atoms with van der Waals surface area (Å²) in [5.74, 6) is -1.91. The summed E-state index contributed by atoms with van der Waals surface area (Å²) in [5, 5.41) is 11.6. The zero-order chi connectivity index (χ0) is 19.5. The Morgan fingerprint density at radius 3 is 2.46 bits per heavy atom. The van der Waals surface area contributed by atoms with Crippen LogP contribution in [0.15, 0.2) is 34.7 Å². The lowest BCUT2D eigenvalue weighted by Crippen LogP contribution is -2.34. The van der Waals surface area contributed by atoms with Crippen LogP contribution in [0.1, 0.15) is 51.6 Å². The average molecular weight is 369 g/mol. The zero-order valence-corrected chi connectivity index (χ0v) is 14.2. The first kappa shape index (κ1) is 19.6. The molecule has 0 bridgehead atoms. The third-order valence-corrected chi connectivity index (χ3v) is 3.81. The fourth-order valence-corrected chi connectivity index (χ4v) is 2.63. The SMILES string of the molecule is CCc1oc(C(=O)NC(C)Cc2ccccc2C(F)(F)F)cc1C(=O)O. The summed E-state index contributed by atoms with van der Waals surface area (Å²) in [4.78, 5) is 23.3. The van der Waals surface area contributed by atoms with E-state index in [0.717, 1.165) is 12.1 Å². The zero-order valence-electron chi connectivity index (χ0n) is 14.2. The van der Waals surface area contributed by atoms with E-state index < -0.39 is 29.7 Å². The number of halogens is 3. The van der Waals surface area contributed by atoms with Crippen LogP contribution in [0.5, 0.6) is 0 Å². The highest BCUT2D eigenvalue weighted by atomic mass is 19.4. The Hall–Kier alpha value is -2.77. The first-order valence-corrected chi connectivity index (χ1v) is 7.95. The number of furan rings is 1. The number of carbonyl (C=O) groups excluding carboxylic acids is 1. The number of carboxylic acids is 1. The number of rotatable bonds is 6.